The van der Waals surface area contributed by atoms with Crippen LogP contribution in [0.5, 0.6) is 0 Å². The lowest BCUT2D eigenvalue weighted by Gasteiger charge is -2.08. The normalized spacial score (nSPS) is 11.2. The van der Waals surface area contributed by atoms with Crippen LogP contribution in [0.1, 0.15) is 15.9 Å². The molecule has 0 saturated heterocycles. The monoisotopic (exact) mass is 376 g/mol. The molecule has 27 heavy (non-hydrogen) atoms. The lowest BCUT2D eigenvalue weighted by Crippen LogP contribution is -2.14. The first-order chi connectivity index (χ1) is 12.7. The van der Waals surface area contributed by atoms with Gasteiger partial charge in [-0.25, -0.2) is 0 Å². The number of anilines is 1. The average Bonchev–Trinajstić information content (AvgIpc) is 3.09. The molecule has 0 spiro atoms. The molecule has 0 bridgehead atoms. The zero-order valence-electron chi connectivity index (χ0n) is 13.4. The third-order valence-corrected chi connectivity index (χ3v) is 3.64. The highest BCUT2D eigenvalue weighted by Crippen LogP contribution is 2.30. The molecule has 0 unspecified atom stereocenters. The Hall–Kier alpha value is -3.69. The molecule has 0 aliphatic heterocycles. The summed E-state index contributed by atoms with van der Waals surface area (Å²) in [7, 11) is 0. The number of nitro groups is 1. The number of non-ortho nitro benzene ring substituents is 1. The first kappa shape index (κ1) is 18.1. The van der Waals surface area contributed by atoms with Crippen LogP contribution >= 0.6 is 0 Å². The number of benzene rings is 2. The van der Waals surface area contributed by atoms with Gasteiger partial charge >= 0.3 is 6.18 Å². The standard InChI is InChI=1S/C17H11F3N4O3/c18-17(19,20)12-5-1-4-11(7-12)16(25)21-15-9-14(22-23-15)10-3-2-6-13(8-10)24(26)27/h1-9H,(H2,21,22,23,25). The molecule has 0 radical (unpaired) electrons. The van der Waals surface area contributed by atoms with Crippen molar-refractivity contribution in [3.05, 3.63) is 75.8 Å². The second kappa shape index (κ2) is 6.90. The Labute approximate surface area is 150 Å². The summed E-state index contributed by atoms with van der Waals surface area (Å²) >= 11 is 0. The molecule has 0 fully saturated rings. The molecule has 7 nitrogen and oxygen atoms in total. The topological polar surface area (TPSA) is 101 Å². The van der Waals surface area contributed by atoms with E-state index in [2.05, 4.69) is 15.5 Å². The van der Waals surface area contributed by atoms with Gasteiger partial charge in [-0.1, -0.05) is 18.2 Å². The Bertz CT molecular complexity index is 1010. The van der Waals surface area contributed by atoms with Gasteiger partial charge in [0.05, 0.1) is 16.2 Å². The van der Waals surface area contributed by atoms with E-state index < -0.39 is 22.6 Å². The zero-order chi connectivity index (χ0) is 19.6. The van der Waals surface area contributed by atoms with Crippen LogP contribution in [0.25, 0.3) is 11.3 Å². The molecule has 138 valence electrons. The van der Waals surface area contributed by atoms with E-state index in [9.17, 15) is 28.1 Å². The lowest BCUT2D eigenvalue weighted by molar-refractivity contribution is -0.384. The van der Waals surface area contributed by atoms with Crippen LogP contribution in [-0.4, -0.2) is 21.0 Å². The van der Waals surface area contributed by atoms with Crippen LogP contribution in [0.4, 0.5) is 24.7 Å². The van der Waals surface area contributed by atoms with E-state index in [0.717, 1.165) is 18.2 Å². The Balaban J connectivity index is 1.79. The molecule has 0 atom stereocenters. The van der Waals surface area contributed by atoms with Crippen LogP contribution in [0, 0.1) is 10.1 Å². The minimum Gasteiger partial charge on any atom is -0.305 e. The second-order valence-corrected chi connectivity index (χ2v) is 5.51. The highest BCUT2D eigenvalue weighted by atomic mass is 19.4. The number of aromatic nitrogens is 2. The number of hydrogen-bond acceptors (Lipinski definition) is 4. The minimum absolute atomic E-state index is 0.0684. The third-order valence-electron chi connectivity index (χ3n) is 3.64. The number of amides is 1. The summed E-state index contributed by atoms with van der Waals surface area (Å²) < 4.78 is 38.2. The predicted molar refractivity (Wildman–Crippen MR) is 90.1 cm³/mol. The maximum Gasteiger partial charge on any atom is 0.416 e. The maximum atomic E-state index is 12.7. The second-order valence-electron chi connectivity index (χ2n) is 5.51. The van der Waals surface area contributed by atoms with Gasteiger partial charge in [0.1, 0.15) is 0 Å². The number of hydrogen-bond donors (Lipinski definition) is 2. The molecule has 1 aromatic heterocycles. The van der Waals surface area contributed by atoms with Crippen molar-refractivity contribution < 1.29 is 22.9 Å². The first-order valence-electron chi connectivity index (χ1n) is 7.53. The molecule has 3 aromatic rings. The number of rotatable bonds is 4. The van der Waals surface area contributed by atoms with E-state index in [1.54, 1.807) is 6.07 Å². The van der Waals surface area contributed by atoms with E-state index in [1.165, 1.54) is 30.3 Å². The highest BCUT2D eigenvalue weighted by molar-refractivity contribution is 6.04. The quantitative estimate of drug-likeness (QED) is 0.525. The van der Waals surface area contributed by atoms with Crippen molar-refractivity contribution >= 4 is 17.4 Å². The van der Waals surface area contributed by atoms with E-state index in [1.807, 2.05) is 0 Å². The smallest absolute Gasteiger partial charge is 0.305 e. The fraction of sp³-hybridized carbons (Fsp3) is 0.0588. The Morgan fingerprint density at radius 1 is 1.11 bits per heavy atom. The van der Waals surface area contributed by atoms with Gasteiger partial charge in [0, 0.05) is 29.3 Å². The van der Waals surface area contributed by atoms with Crippen molar-refractivity contribution in [1.82, 2.24) is 10.2 Å². The number of nitrogens with one attached hydrogen (secondary N) is 2. The van der Waals surface area contributed by atoms with Gasteiger partial charge in [0.2, 0.25) is 0 Å². The Morgan fingerprint density at radius 2 is 1.85 bits per heavy atom. The van der Waals surface area contributed by atoms with E-state index in [0.29, 0.717) is 11.3 Å². The van der Waals surface area contributed by atoms with Crippen LogP contribution in [0.15, 0.2) is 54.6 Å². The molecule has 0 aliphatic carbocycles. The van der Waals surface area contributed by atoms with E-state index in [4.69, 9.17) is 0 Å². The van der Waals surface area contributed by atoms with E-state index in [-0.39, 0.29) is 17.1 Å². The fourth-order valence-electron chi connectivity index (χ4n) is 2.35. The van der Waals surface area contributed by atoms with Gasteiger partial charge in [-0.05, 0) is 18.2 Å². The fourth-order valence-corrected chi connectivity index (χ4v) is 2.35. The molecule has 2 N–H and O–H groups in total. The number of carbonyl (C=O) groups is 1. The summed E-state index contributed by atoms with van der Waals surface area (Å²) in [6, 6.07) is 11.2. The number of carbonyl (C=O) groups excluding carboxylic acids is 1. The Kier molecular flexibility index (Phi) is 4.63. The summed E-state index contributed by atoms with van der Waals surface area (Å²) in [5.74, 6) is -0.697. The molecular formula is C17H11F3N4O3. The summed E-state index contributed by atoms with van der Waals surface area (Å²) in [6.07, 6.45) is -4.56. The lowest BCUT2D eigenvalue weighted by atomic mass is 10.1. The molecule has 3 rings (SSSR count). The van der Waals surface area contributed by atoms with Crippen LogP contribution in [0.2, 0.25) is 0 Å². The molecule has 1 heterocycles. The summed E-state index contributed by atoms with van der Waals surface area (Å²) in [5, 5.41) is 19.7. The Morgan fingerprint density at radius 3 is 2.56 bits per heavy atom. The molecular weight excluding hydrogens is 365 g/mol. The summed E-state index contributed by atoms with van der Waals surface area (Å²) in [5.41, 5.74) is -0.356. The van der Waals surface area contributed by atoms with Crippen LogP contribution in [0.3, 0.4) is 0 Å². The third kappa shape index (κ3) is 4.11. The predicted octanol–water partition coefficient (Wildman–Crippen LogP) is 4.26. The molecule has 2 aromatic carbocycles. The minimum atomic E-state index is -4.56. The summed E-state index contributed by atoms with van der Waals surface area (Å²) in [4.78, 5) is 22.4. The zero-order valence-corrected chi connectivity index (χ0v) is 13.4. The van der Waals surface area contributed by atoms with Crippen molar-refractivity contribution in [3.8, 4) is 11.3 Å². The van der Waals surface area contributed by atoms with Crippen LogP contribution < -0.4 is 5.32 Å². The van der Waals surface area contributed by atoms with Gasteiger partial charge in [-0.2, -0.15) is 18.3 Å². The number of H-pyrrole nitrogens is 1. The van der Waals surface area contributed by atoms with Crippen molar-refractivity contribution in [3.63, 3.8) is 0 Å². The van der Waals surface area contributed by atoms with Crippen LogP contribution in [-0.2, 0) is 6.18 Å². The van der Waals surface area contributed by atoms with Gasteiger partial charge in [-0.3, -0.25) is 20.0 Å². The summed E-state index contributed by atoms with van der Waals surface area (Å²) in [6.45, 7) is 0. The molecule has 10 heteroatoms. The number of nitro benzene ring substituents is 1. The van der Waals surface area contributed by atoms with Crippen molar-refractivity contribution in [1.29, 1.82) is 0 Å². The van der Waals surface area contributed by atoms with Crippen molar-refractivity contribution in [2.24, 2.45) is 0 Å². The van der Waals surface area contributed by atoms with Crippen molar-refractivity contribution in [2.45, 2.75) is 6.18 Å². The molecule has 0 aliphatic rings. The SMILES string of the molecule is O=C(Nc1cc(-c2cccc([N+](=O)[O-])c2)[nH]n1)c1cccc(C(F)(F)F)c1. The number of aromatic amines is 1. The van der Waals surface area contributed by atoms with Gasteiger partial charge in [-0.15, -0.1) is 0 Å². The van der Waals surface area contributed by atoms with Gasteiger partial charge in [0.15, 0.2) is 5.82 Å². The number of alkyl halides is 3. The number of nitrogens with zero attached hydrogens (tertiary/aromatic N) is 2. The largest absolute Gasteiger partial charge is 0.416 e. The van der Waals surface area contributed by atoms with Gasteiger partial charge in [0.25, 0.3) is 11.6 Å². The molecule has 1 amide bonds. The van der Waals surface area contributed by atoms with Crippen molar-refractivity contribution in [2.75, 3.05) is 5.32 Å². The highest BCUT2D eigenvalue weighted by Gasteiger charge is 2.30. The average molecular weight is 376 g/mol. The first-order valence-corrected chi connectivity index (χ1v) is 7.53. The van der Waals surface area contributed by atoms with E-state index >= 15 is 0 Å². The number of halogens is 3. The maximum absolute atomic E-state index is 12.7. The molecule has 0 saturated carbocycles. The van der Waals surface area contributed by atoms with Gasteiger partial charge < -0.3 is 5.32 Å².